The highest BCUT2D eigenvalue weighted by Crippen LogP contribution is 2.36. The van der Waals surface area contributed by atoms with Gasteiger partial charge in [0.15, 0.2) is 11.5 Å². The van der Waals surface area contributed by atoms with Crippen LogP contribution in [0.1, 0.15) is 12.0 Å². The molecule has 7 nitrogen and oxygen atoms in total. The van der Waals surface area contributed by atoms with Crippen molar-refractivity contribution in [2.45, 2.75) is 13.0 Å². The van der Waals surface area contributed by atoms with Gasteiger partial charge < -0.3 is 24.4 Å². The fraction of sp³-hybridized carbons (Fsp3) is 0.333. The Balaban J connectivity index is 1.37. The molecule has 0 aromatic heterocycles. The van der Waals surface area contributed by atoms with Crippen LogP contribution in [-0.4, -0.2) is 38.7 Å². The van der Waals surface area contributed by atoms with Crippen molar-refractivity contribution >= 4 is 17.5 Å². The Morgan fingerprint density at radius 1 is 1.14 bits per heavy atom. The molecule has 1 N–H and O–H groups in total. The van der Waals surface area contributed by atoms with Gasteiger partial charge in [0.05, 0.1) is 13.0 Å². The van der Waals surface area contributed by atoms with Crippen molar-refractivity contribution in [3.05, 3.63) is 48.0 Å². The maximum absolute atomic E-state index is 12.5. The summed E-state index contributed by atoms with van der Waals surface area (Å²) in [5.74, 6) is 1.51. The fourth-order valence-corrected chi connectivity index (χ4v) is 3.41. The van der Waals surface area contributed by atoms with E-state index in [2.05, 4.69) is 5.32 Å². The smallest absolute Gasteiger partial charge is 0.227 e. The van der Waals surface area contributed by atoms with Crippen LogP contribution < -0.4 is 24.4 Å². The highest BCUT2D eigenvalue weighted by atomic mass is 16.6. The maximum Gasteiger partial charge on any atom is 0.227 e. The molecule has 1 atom stereocenters. The number of hydrogen-bond donors (Lipinski definition) is 1. The number of nitrogens with one attached hydrogen (secondary N) is 1. The summed E-state index contributed by atoms with van der Waals surface area (Å²) < 4.78 is 16.2. The fourth-order valence-electron chi connectivity index (χ4n) is 3.41. The summed E-state index contributed by atoms with van der Waals surface area (Å²) >= 11 is 0. The van der Waals surface area contributed by atoms with Gasteiger partial charge in [0.25, 0.3) is 0 Å². The second kappa shape index (κ2) is 7.80. The van der Waals surface area contributed by atoms with Crippen LogP contribution in [0.3, 0.4) is 0 Å². The van der Waals surface area contributed by atoms with Crippen molar-refractivity contribution < 1.29 is 23.8 Å². The van der Waals surface area contributed by atoms with Gasteiger partial charge in [-0.3, -0.25) is 9.59 Å². The molecule has 2 aliphatic heterocycles. The number of carbonyl (C=O) groups excluding carboxylic acids is 2. The molecule has 0 bridgehead atoms. The molecule has 1 unspecified atom stereocenters. The third-order valence-electron chi connectivity index (χ3n) is 4.96. The van der Waals surface area contributed by atoms with Crippen LogP contribution in [0.4, 0.5) is 5.69 Å². The summed E-state index contributed by atoms with van der Waals surface area (Å²) in [6.45, 7) is 1.77. The largest absolute Gasteiger partial charge is 0.497 e. The molecule has 7 heteroatoms. The molecule has 2 aliphatic rings. The van der Waals surface area contributed by atoms with Crippen molar-refractivity contribution in [3.63, 3.8) is 0 Å². The number of nitrogens with zero attached hydrogens (tertiary/aromatic N) is 1. The van der Waals surface area contributed by atoms with Gasteiger partial charge in [0.1, 0.15) is 19.0 Å². The zero-order valence-electron chi connectivity index (χ0n) is 15.6. The molecule has 0 saturated carbocycles. The van der Waals surface area contributed by atoms with Crippen LogP contribution in [0.5, 0.6) is 17.2 Å². The van der Waals surface area contributed by atoms with E-state index in [1.165, 1.54) is 0 Å². The number of carbonyl (C=O) groups is 2. The van der Waals surface area contributed by atoms with Gasteiger partial charge in [-0.25, -0.2) is 0 Å². The Kier molecular flexibility index (Phi) is 5.06. The van der Waals surface area contributed by atoms with E-state index in [0.717, 1.165) is 17.0 Å². The molecule has 2 aromatic rings. The van der Waals surface area contributed by atoms with E-state index in [-0.39, 0.29) is 24.2 Å². The number of amides is 2. The second-order valence-electron chi connectivity index (χ2n) is 6.80. The van der Waals surface area contributed by atoms with E-state index in [4.69, 9.17) is 14.2 Å². The minimum absolute atomic E-state index is 0.0683. The third kappa shape index (κ3) is 3.74. The van der Waals surface area contributed by atoms with E-state index in [0.29, 0.717) is 37.8 Å². The number of benzene rings is 2. The highest BCUT2D eigenvalue weighted by molar-refractivity contribution is 6.00. The standard InChI is InChI=1S/C21H22N2O5/c1-26-17-5-2-14(3-6-17)12-22-21(25)15-10-20(24)23(13-15)16-4-7-18-19(11-16)28-9-8-27-18/h2-7,11,15H,8-10,12-13H2,1H3,(H,22,25). The van der Waals surface area contributed by atoms with E-state index in [1.54, 1.807) is 24.1 Å². The molecule has 2 heterocycles. The molecule has 0 spiro atoms. The third-order valence-corrected chi connectivity index (χ3v) is 4.96. The molecule has 0 radical (unpaired) electrons. The summed E-state index contributed by atoms with van der Waals surface area (Å²) in [6, 6.07) is 12.9. The molecular formula is C21H22N2O5. The first kappa shape index (κ1) is 18.2. The molecular weight excluding hydrogens is 360 g/mol. The molecule has 4 rings (SSSR count). The second-order valence-corrected chi connectivity index (χ2v) is 6.80. The quantitative estimate of drug-likeness (QED) is 0.857. The van der Waals surface area contributed by atoms with Gasteiger partial charge in [-0.05, 0) is 29.8 Å². The lowest BCUT2D eigenvalue weighted by Gasteiger charge is -2.22. The van der Waals surface area contributed by atoms with Gasteiger partial charge in [0.2, 0.25) is 11.8 Å². The molecule has 2 aromatic carbocycles. The van der Waals surface area contributed by atoms with Gasteiger partial charge in [-0.1, -0.05) is 12.1 Å². The predicted molar refractivity (Wildman–Crippen MR) is 103 cm³/mol. The molecule has 1 fully saturated rings. The molecule has 2 amide bonds. The monoisotopic (exact) mass is 382 g/mol. The molecule has 0 aliphatic carbocycles. The normalized spacial score (nSPS) is 18.1. The predicted octanol–water partition coefficient (Wildman–Crippen LogP) is 2.14. The van der Waals surface area contributed by atoms with Crippen molar-refractivity contribution in [3.8, 4) is 17.2 Å². The van der Waals surface area contributed by atoms with E-state index in [9.17, 15) is 9.59 Å². The zero-order valence-corrected chi connectivity index (χ0v) is 15.6. The van der Waals surface area contributed by atoms with Crippen LogP contribution in [0.15, 0.2) is 42.5 Å². The Morgan fingerprint density at radius 2 is 1.89 bits per heavy atom. The van der Waals surface area contributed by atoms with Crippen molar-refractivity contribution in [2.75, 3.05) is 31.8 Å². The number of fused-ring (bicyclic) bond motifs is 1. The molecule has 28 heavy (non-hydrogen) atoms. The number of methoxy groups -OCH3 is 1. The van der Waals surface area contributed by atoms with Crippen molar-refractivity contribution in [1.82, 2.24) is 5.32 Å². The van der Waals surface area contributed by atoms with Crippen LogP contribution >= 0.6 is 0 Å². The van der Waals surface area contributed by atoms with Gasteiger partial charge in [-0.2, -0.15) is 0 Å². The minimum atomic E-state index is -0.376. The van der Waals surface area contributed by atoms with Gasteiger partial charge in [0, 0.05) is 31.3 Å². The Bertz CT molecular complexity index is 881. The van der Waals surface area contributed by atoms with Crippen LogP contribution in [-0.2, 0) is 16.1 Å². The number of ether oxygens (including phenoxy) is 3. The van der Waals surface area contributed by atoms with Gasteiger partial charge in [-0.15, -0.1) is 0 Å². The first-order valence-electron chi connectivity index (χ1n) is 9.24. The van der Waals surface area contributed by atoms with Gasteiger partial charge >= 0.3 is 0 Å². The lowest BCUT2D eigenvalue weighted by Crippen LogP contribution is -2.32. The Hall–Kier alpha value is -3.22. The summed E-state index contributed by atoms with van der Waals surface area (Å²) in [6.07, 6.45) is 0.197. The maximum atomic E-state index is 12.5. The van der Waals surface area contributed by atoms with Crippen molar-refractivity contribution in [1.29, 1.82) is 0 Å². The minimum Gasteiger partial charge on any atom is -0.497 e. The Labute approximate surface area is 163 Å². The van der Waals surface area contributed by atoms with E-state index < -0.39 is 0 Å². The molecule has 146 valence electrons. The average molecular weight is 382 g/mol. The van der Waals surface area contributed by atoms with E-state index in [1.807, 2.05) is 30.3 Å². The topological polar surface area (TPSA) is 77.1 Å². The number of anilines is 1. The number of rotatable bonds is 5. The highest BCUT2D eigenvalue weighted by Gasteiger charge is 2.35. The number of hydrogen-bond acceptors (Lipinski definition) is 5. The Morgan fingerprint density at radius 3 is 2.64 bits per heavy atom. The van der Waals surface area contributed by atoms with Crippen molar-refractivity contribution in [2.24, 2.45) is 5.92 Å². The zero-order chi connectivity index (χ0) is 19.5. The summed E-state index contributed by atoms with van der Waals surface area (Å²) in [5.41, 5.74) is 1.70. The first-order valence-corrected chi connectivity index (χ1v) is 9.24. The lowest BCUT2D eigenvalue weighted by molar-refractivity contribution is -0.126. The molecule has 1 saturated heterocycles. The van der Waals surface area contributed by atoms with Crippen LogP contribution in [0.2, 0.25) is 0 Å². The van der Waals surface area contributed by atoms with Crippen LogP contribution in [0, 0.1) is 5.92 Å². The summed E-state index contributed by atoms with van der Waals surface area (Å²) in [4.78, 5) is 26.6. The first-order chi connectivity index (χ1) is 13.6. The van der Waals surface area contributed by atoms with Crippen LogP contribution in [0.25, 0.3) is 0 Å². The lowest BCUT2D eigenvalue weighted by atomic mass is 10.1. The summed E-state index contributed by atoms with van der Waals surface area (Å²) in [7, 11) is 1.61. The SMILES string of the molecule is COc1ccc(CNC(=O)C2CC(=O)N(c3ccc4c(c3)OCCO4)C2)cc1. The summed E-state index contributed by atoms with van der Waals surface area (Å²) in [5, 5.41) is 2.92. The van der Waals surface area contributed by atoms with E-state index >= 15 is 0 Å². The average Bonchev–Trinajstić information content (AvgIpc) is 3.13.